The van der Waals surface area contributed by atoms with Gasteiger partial charge in [0, 0.05) is 0 Å². The van der Waals surface area contributed by atoms with Gasteiger partial charge in [-0.3, -0.25) is 9.59 Å². The van der Waals surface area contributed by atoms with E-state index in [1.165, 1.54) is 12.2 Å². The second-order valence-corrected chi connectivity index (χ2v) is 9.79. The lowest BCUT2D eigenvalue weighted by Crippen LogP contribution is -2.39. The minimum absolute atomic E-state index is 0.0530. The van der Waals surface area contributed by atoms with Crippen molar-refractivity contribution in [3.8, 4) is 0 Å². The van der Waals surface area contributed by atoms with Crippen LogP contribution in [0, 0.1) is 0 Å². The molecule has 0 fully saturated rings. The second-order valence-electron chi connectivity index (χ2n) is 5.06. The van der Waals surface area contributed by atoms with E-state index in [1.807, 2.05) is 0 Å². The van der Waals surface area contributed by atoms with Gasteiger partial charge >= 0.3 is 0 Å². The highest BCUT2D eigenvalue weighted by atomic mass is 28.4. The highest BCUT2D eigenvalue weighted by molar-refractivity contribution is 6.73. The second kappa shape index (κ2) is 10.3. The lowest BCUT2D eigenvalue weighted by atomic mass is 10.1. The molecule has 0 atom stereocenters. The van der Waals surface area contributed by atoms with Crippen LogP contribution in [0.3, 0.4) is 0 Å². The first-order chi connectivity index (χ1) is 9.89. The normalized spacial score (nSPS) is 13.9. The fourth-order valence-corrected chi connectivity index (χ4v) is 5.12. The minimum atomic E-state index is -1.73. The van der Waals surface area contributed by atoms with Crippen LogP contribution in [0.2, 0.25) is 18.1 Å². The van der Waals surface area contributed by atoms with E-state index in [0.717, 1.165) is 18.1 Å². The molecule has 0 aromatic heterocycles. The van der Waals surface area contributed by atoms with Gasteiger partial charge in [-0.1, -0.05) is 32.9 Å². The Hall–Kier alpha value is -1.40. The summed E-state index contributed by atoms with van der Waals surface area (Å²) in [5.74, 6) is -0.933. The molecule has 0 aromatic rings. The summed E-state index contributed by atoms with van der Waals surface area (Å²) in [6.07, 6.45) is 7.29. The summed E-state index contributed by atoms with van der Waals surface area (Å²) in [7, 11) is -1.73. The molecule has 0 spiro atoms. The predicted octanol–water partition coefficient (Wildman–Crippen LogP) is 2.24. The molecule has 0 rings (SSSR count). The van der Waals surface area contributed by atoms with Crippen LogP contribution in [-0.2, 0) is 14.0 Å². The molecule has 21 heavy (non-hydrogen) atoms. The zero-order valence-corrected chi connectivity index (χ0v) is 14.3. The highest BCUT2D eigenvalue weighted by Crippen LogP contribution is 2.25. The first-order valence-electron chi connectivity index (χ1n) is 7.48. The van der Waals surface area contributed by atoms with Crippen molar-refractivity contribution in [2.45, 2.75) is 57.8 Å². The van der Waals surface area contributed by atoms with Crippen LogP contribution < -0.4 is 11.5 Å². The van der Waals surface area contributed by atoms with Crippen molar-refractivity contribution >= 4 is 20.1 Å². The van der Waals surface area contributed by atoms with Gasteiger partial charge in [-0.2, -0.15) is 0 Å². The Morgan fingerprint density at radius 3 is 1.62 bits per heavy atom. The molecule has 0 radical (unpaired) electrons. The van der Waals surface area contributed by atoms with Crippen molar-refractivity contribution in [1.82, 2.24) is 0 Å². The number of rotatable bonds is 11. The lowest BCUT2D eigenvalue weighted by molar-refractivity contribution is -0.114. The summed E-state index contributed by atoms with van der Waals surface area (Å²) in [6.45, 7) is 6.48. The fraction of sp³-hybridized carbons (Fsp3) is 0.600. The monoisotopic (exact) mass is 312 g/mol. The average molecular weight is 312 g/mol. The number of hydrogen-bond acceptors (Lipinski definition) is 3. The van der Waals surface area contributed by atoms with E-state index in [2.05, 4.69) is 20.8 Å². The molecule has 0 aliphatic heterocycles. The van der Waals surface area contributed by atoms with E-state index < -0.39 is 20.1 Å². The molecule has 2 amide bonds. The molecule has 0 aliphatic carbocycles. The molecule has 5 nitrogen and oxygen atoms in total. The maximum atomic E-state index is 10.8. The summed E-state index contributed by atoms with van der Waals surface area (Å²) < 4.78 is 6.38. The molecule has 120 valence electrons. The van der Waals surface area contributed by atoms with Gasteiger partial charge in [0.2, 0.25) is 11.8 Å². The molecule has 0 heterocycles. The summed E-state index contributed by atoms with van der Waals surface area (Å²) in [5.41, 5.74) is 10.2. The molecule has 6 heteroatoms. The van der Waals surface area contributed by atoms with Crippen molar-refractivity contribution in [3.05, 3.63) is 24.3 Å². The van der Waals surface area contributed by atoms with Crippen LogP contribution in [0.25, 0.3) is 0 Å². The topological polar surface area (TPSA) is 95.4 Å². The third kappa shape index (κ3) is 8.47. The van der Waals surface area contributed by atoms with Gasteiger partial charge in [0.15, 0.2) is 8.32 Å². The van der Waals surface area contributed by atoms with Crippen molar-refractivity contribution < 1.29 is 14.0 Å². The van der Waals surface area contributed by atoms with Crippen LogP contribution in [0.5, 0.6) is 0 Å². The van der Waals surface area contributed by atoms with Gasteiger partial charge in [-0.05, 0) is 43.1 Å². The quantitative estimate of drug-likeness (QED) is 0.452. The lowest BCUT2D eigenvalue weighted by Gasteiger charge is -2.32. The molecule has 0 aliphatic rings. The number of amides is 2. The summed E-state index contributed by atoms with van der Waals surface area (Å²) >= 11 is 0. The Labute approximate surface area is 128 Å². The smallest absolute Gasteiger partial charge is 0.241 e. The van der Waals surface area contributed by atoms with Gasteiger partial charge < -0.3 is 15.9 Å². The molecule has 0 saturated heterocycles. The first kappa shape index (κ1) is 19.6. The van der Waals surface area contributed by atoms with Gasteiger partial charge in [0.25, 0.3) is 0 Å². The van der Waals surface area contributed by atoms with Crippen LogP contribution in [0.1, 0.15) is 33.6 Å². The third-order valence-electron chi connectivity index (χ3n) is 3.71. The molecular weight excluding hydrogens is 284 g/mol. The van der Waals surface area contributed by atoms with Crippen LogP contribution in [0.15, 0.2) is 24.3 Å². The largest absolute Gasteiger partial charge is 0.413 e. The molecular formula is C15H28N2O3Si. The zero-order valence-electron chi connectivity index (χ0n) is 13.3. The number of carbonyl (C=O) groups excluding carboxylic acids is 2. The maximum Gasteiger partial charge on any atom is 0.241 e. The Balaban J connectivity index is 4.84. The van der Waals surface area contributed by atoms with E-state index in [0.29, 0.717) is 12.8 Å². The highest BCUT2D eigenvalue weighted by Gasteiger charge is 2.31. The maximum absolute atomic E-state index is 10.8. The molecule has 0 unspecified atom stereocenters. The van der Waals surface area contributed by atoms with E-state index in [4.69, 9.17) is 15.9 Å². The summed E-state index contributed by atoms with van der Waals surface area (Å²) in [5, 5.41) is 0. The van der Waals surface area contributed by atoms with Crippen molar-refractivity contribution in [2.24, 2.45) is 11.5 Å². The molecule has 0 saturated carbocycles. The molecule has 4 N–H and O–H groups in total. The standard InChI is InChI=1S/C15H28N2O3Si/c1-4-21(5-2,6-3)20-13(9-7-11-14(16)18)10-8-12-15(17)19/h7-8,11-13H,4-6,9-10H2,1-3H3,(H2,16,18)(H2,17,19). The number of carbonyl (C=O) groups is 2. The SMILES string of the molecule is CC[Si](CC)(CC)OC(CC=CC(N)=O)CC=CC(N)=O. The van der Waals surface area contributed by atoms with E-state index in [1.54, 1.807) is 12.2 Å². The van der Waals surface area contributed by atoms with Crippen molar-refractivity contribution in [1.29, 1.82) is 0 Å². The number of hydrogen-bond donors (Lipinski definition) is 2. The third-order valence-corrected chi connectivity index (χ3v) is 8.41. The number of primary amides is 2. The Morgan fingerprint density at radius 1 is 0.952 bits per heavy atom. The Kier molecular flexibility index (Phi) is 9.65. The Morgan fingerprint density at radius 2 is 1.33 bits per heavy atom. The van der Waals surface area contributed by atoms with Crippen LogP contribution in [-0.4, -0.2) is 26.2 Å². The van der Waals surface area contributed by atoms with Crippen molar-refractivity contribution in [3.63, 3.8) is 0 Å². The minimum Gasteiger partial charge on any atom is -0.413 e. The zero-order chi connectivity index (χ0) is 16.3. The predicted molar refractivity (Wildman–Crippen MR) is 88.0 cm³/mol. The van der Waals surface area contributed by atoms with Crippen LogP contribution in [0.4, 0.5) is 0 Å². The van der Waals surface area contributed by atoms with Crippen molar-refractivity contribution in [2.75, 3.05) is 0 Å². The summed E-state index contributed by atoms with van der Waals surface area (Å²) in [4.78, 5) is 21.5. The van der Waals surface area contributed by atoms with E-state index in [9.17, 15) is 9.59 Å². The molecule has 0 bridgehead atoms. The van der Waals surface area contributed by atoms with Gasteiger partial charge in [0.1, 0.15) is 0 Å². The van der Waals surface area contributed by atoms with Gasteiger partial charge in [0.05, 0.1) is 6.10 Å². The summed E-state index contributed by atoms with van der Waals surface area (Å²) in [6, 6.07) is 3.15. The fourth-order valence-electron chi connectivity index (χ4n) is 2.22. The van der Waals surface area contributed by atoms with Crippen LogP contribution >= 0.6 is 0 Å². The van der Waals surface area contributed by atoms with E-state index >= 15 is 0 Å². The molecule has 0 aromatic carbocycles. The number of nitrogens with two attached hydrogens (primary N) is 2. The average Bonchev–Trinajstić information content (AvgIpc) is 2.43. The van der Waals surface area contributed by atoms with Gasteiger partial charge in [-0.25, -0.2) is 0 Å². The van der Waals surface area contributed by atoms with Gasteiger partial charge in [-0.15, -0.1) is 0 Å². The Bertz CT molecular complexity index is 356. The van der Waals surface area contributed by atoms with E-state index in [-0.39, 0.29) is 6.10 Å². The first-order valence-corrected chi connectivity index (χ1v) is 10.0.